The van der Waals surface area contributed by atoms with Crippen molar-refractivity contribution in [2.75, 3.05) is 0 Å². The molecule has 2 aromatic heterocycles. The largest absolute Gasteiger partial charge is 0.496 e. The molecule has 0 radical (unpaired) electrons. The molecule has 6 nitrogen and oxygen atoms in total. The number of nitrogens with one attached hydrogen (secondary N) is 1. The summed E-state index contributed by atoms with van der Waals surface area (Å²) in [6.07, 6.45) is 4.97. The predicted octanol–water partition coefficient (Wildman–Crippen LogP) is 0.860. The minimum Gasteiger partial charge on any atom is -0.399 e. The zero-order valence-corrected chi connectivity index (χ0v) is 12.6. The first-order valence-corrected chi connectivity index (χ1v) is 6.88. The van der Waals surface area contributed by atoms with E-state index in [9.17, 15) is 4.79 Å². The van der Waals surface area contributed by atoms with Gasteiger partial charge in [0, 0.05) is 24.1 Å². The average molecular weight is 287 g/mol. The predicted molar refractivity (Wildman–Crippen MR) is 79.9 cm³/mol. The molecule has 1 N–H and O–H groups in total. The fourth-order valence-corrected chi connectivity index (χ4v) is 2.18. The van der Waals surface area contributed by atoms with Crippen LogP contribution >= 0.6 is 0 Å². The lowest BCUT2D eigenvalue weighted by molar-refractivity contribution is 0.00578. The van der Waals surface area contributed by atoms with Gasteiger partial charge in [0.1, 0.15) is 5.69 Å². The number of hydrogen-bond acceptors (Lipinski definition) is 4. The van der Waals surface area contributed by atoms with Crippen LogP contribution in [0.3, 0.4) is 0 Å². The van der Waals surface area contributed by atoms with Gasteiger partial charge < -0.3 is 14.3 Å². The lowest BCUT2D eigenvalue weighted by Gasteiger charge is -2.32. The molecule has 0 atom stereocenters. The van der Waals surface area contributed by atoms with Crippen LogP contribution in [0.25, 0.3) is 5.69 Å². The van der Waals surface area contributed by atoms with E-state index >= 15 is 0 Å². The summed E-state index contributed by atoms with van der Waals surface area (Å²) in [6.45, 7) is 7.97. The number of aromatic amines is 1. The summed E-state index contributed by atoms with van der Waals surface area (Å²) < 4.78 is 13.5. The summed E-state index contributed by atoms with van der Waals surface area (Å²) in [5, 5.41) is 4.09. The molecule has 0 spiro atoms. The Morgan fingerprint density at radius 1 is 1.24 bits per heavy atom. The second-order valence-electron chi connectivity index (χ2n) is 6.19. The zero-order chi connectivity index (χ0) is 15.3. The van der Waals surface area contributed by atoms with Crippen molar-refractivity contribution >= 4 is 12.6 Å². The van der Waals surface area contributed by atoms with Crippen LogP contribution in [0.1, 0.15) is 27.7 Å². The molecule has 21 heavy (non-hydrogen) atoms. The highest BCUT2D eigenvalue weighted by molar-refractivity contribution is 6.62. The molecular weight excluding hydrogens is 269 g/mol. The van der Waals surface area contributed by atoms with E-state index in [1.54, 1.807) is 30.7 Å². The van der Waals surface area contributed by atoms with E-state index in [-0.39, 0.29) is 5.56 Å². The van der Waals surface area contributed by atoms with Gasteiger partial charge in [0.25, 0.3) is 5.56 Å². The van der Waals surface area contributed by atoms with Crippen LogP contribution in [0.5, 0.6) is 0 Å². The van der Waals surface area contributed by atoms with E-state index in [1.165, 1.54) is 4.68 Å². The number of aromatic nitrogens is 3. The van der Waals surface area contributed by atoms with Crippen LogP contribution in [-0.4, -0.2) is 33.1 Å². The lowest BCUT2D eigenvalue weighted by atomic mass is 9.80. The van der Waals surface area contributed by atoms with Crippen molar-refractivity contribution in [3.63, 3.8) is 0 Å². The fraction of sp³-hybridized carbons (Fsp3) is 0.429. The van der Waals surface area contributed by atoms with E-state index in [1.807, 2.05) is 27.7 Å². The normalized spacial score (nSPS) is 19.9. The van der Waals surface area contributed by atoms with Crippen LogP contribution in [0.2, 0.25) is 0 Å². The minimum atomic E-state index is -0.513. The van der Waals surface area contributed by atoms with E-state index in [4.69, 9.17) is 9.31 Å². The van der Waals surface area contributed by atoms with E-state index in [0.29, 0.717) is 5.69 Å². The van der Waals surface area contributed by atoms with Gasteiger partial charge in [0.2, 0.25) is 0 Å². The molecule has 0 aliphatic carbocycles. The van der Waals surface area contributed by atoms with Crippen LogP contribution < -0.4 is 11.0 Å². The Kier molecular flexibility index (Phi) is 3.07. The molecule has 1 aliphatic rings. The first-order chi connectivity index (χ1) is 9.80. The smallest absolute Gasteiger partial charge is 0.399 e. The van der Waals surface area contributed by atoms with Gasteiger partial charge in [-0.2, -0.15) is 5.10 Å². The van der Waals surface area contributed by atoms with Crippen molar-refractivity contribution in [1.82, 2.24) is 14.8 Å². The molecule has 1 saturated heterocycles. The SMILES string of the molecule is CC1(C)OB(c2c[nH]c(=O)c(-n3cccn3)c2)OC1(C)C. The molecule has 2 aromatic rings. The Bertz CT molecular complexity index is 691. The van der Waals surface area contributed by atoms with Crippen LogP contribution in [-0.2, 0) is 9.31 Å². The Morgan fingerprint density at radius 3 is 2.48 bits per heavy atom. The maximum absolute atomic E-state index is 11.9. The molecule has 110 valence electrons. The Morgan fingerprint density at radius 2 is 1.90 bits per heavy atom. The van der Waals surface area contributed by atoms with Crippen LogP contribution in [0.4, 0.5) is 0 Å². The summed E-state index contributed by atoms with van der Waals surface area (Å²) in [5.74, 6) is 0. The average Bonchev–Trinajstić information content (AvgIpc) is 2.97. The fourth-order valence-electron chi connectivity index (χ4n) is 2.18. The van der Waals surface area contributed by atoms with E-state index in [0.717, 1.165) is 5.46 Å². The maximum Gasteiger partial charge on any atom is 0.496 e. The number of nitrogens with zero attached hydrogens (tertiary/aromatic N) is 2. The monoisotopic (exact) mass is 287 g/mol. The van der Waals surface area contributed by atoms with Crippen molar-refractivity contribution in [1.29, 1.82) is 0 Å². The Balaban J connectivity index is 1.99. The van der Waals surface area contributed by atoms with Crippen molar-refractivity contribution < 1.29 is 9.31 Å². The van der Waals surface area contributed by atoms with Crippen molar-refractivity contribution in [2.45, 2.75) is 38.9 Å². The second kappa shape index (κ2) is 4.57. The third-order valence-corrected chi connectivity index (χ3v) is 4.18. The van der Waals surface area contributed by atoms with E-state index in [2.05, 4.69) is 10.1 Å². The van der Waals surface area contributed by atoms with E-state index < -0.39 is 18.3 Å². The molecule has 7 heteroatoms. The maximum atomic E-state index is 11.9. The number of pyridine rings is 1. The van der Waals surface area contributed by atoms with Crippen LogP contribution in [0.15, 0.2) is 35.5 Å². The standard InChI is InChI=1S/C14H18BN3O3/c1-13(2)14(3,4)21-15(20-13)10-8-11(12(19)16-9-10)18-7-5-6-17-18/h5-9H,1-4H3,(H,16,19). The summed E-state index contributed by atoms with van der Waals surface area (Å²) in [5.41, 5.74) is 0.157. The van der Waals surface area contributed by atoms with Crippen LogP contribution in [0, 0.1) is 0 Å². The lowest BCUT2D eigenvalue weighted by Crippen LogP contribution is -2.41. The molecule has 0 aromatic carbocycles. The number of rotatable bonds is 2. The first kappa shape index (κ1) is 14.1. The van der Waals surface area contributed by atoms with Gasteiger partial charge in [-0.3, -0.25) is 4.79 Å². The van der Waals surface area contributed by atoms with Gasteiger partial charge in [0.15, 0.2) is 0 Å². The van der Waals surface area contributed by atoms with Gasteiger partial charge in [-0.25, -0.2) is 4.68 Å². The topological polar surface area (TPSA) is 69.1 Å². The third kappa shape index (κ3) is 2.32. The summed E-state index contributed by atoms with van der Waals surface area (Å²) in [6, 6.07) is 3.51. The first-order valence-electron chi connectivity index (χ1n) is 6.88. The molecule has 3 heterocycles. The second-order valence-corrected chi connectivity index (χ2v) is 6.19. The third-order valence-electron chi connectivity index (χ3n) is 4.18. The van der Waals surface area contributed by atoms with Gasteiger partial charge >= 0.3 is 7.12 Å². The molecule has 0 amide bonds. The van der Waals surface area contributed by atoms with Crippen molar-refractivity contribution in [3.8, 4) is 5.69 Å². The molecule has 3 rings (SSSR count). The highest BCUT2D eigenvalue weighted by atomic mass is 16.7. The quantitative estimate of drug-likeness (QED) is 0.832. The van der Waals surface area contributed by atoms with Crippen molar-refractivity contribution in [2.24, 2.45) is 0 Å². The number of H-pyrrole nitrogens is 1. The summed E-state index contributed by atoms with van der Waals surface area (Å²) in [4.78, 5) is 14.7. The Hall–Kier alpha value is -1.86. The zero-order valence-electron chi connectivity index (χ0n) is 12.6. The molecular formula is C14H18BN3O3. The highest BCUT2D eigenvalue weighted by Gasteiger charge is 2.51. The minimum absolute atomic E-state index is 0.209. The van der Waals surface area contributed by atoms with Gasteiger partial charge in [-0.1, -0.05) is 0 Å². The van der Waals surface area contributed by atoms with Gasteiger partial charge in [-0.05, 0) is 39.8 Å². The van der Waals surface area contributed by atoms with Gasteiger partial charge in [0.05, 0.1) is 11.2 Å². The highest BCUT2D eigenvalue weighted by Crippen LogP contribution is 2.36. The number of hydrogen-bond donors (Lipinski definition) is 1. The van der Waals surface area contributed by atoms with Gasteiger partial charge in [-0.15, -0.1) is 0 Å². The molecule has 0 unspecified atom stereocenters. The summed E-state index contributed by atoms with van der Waals surface area (Å²) in [7, 11) is -0.513. The molecule has 1 aliphatic heterocycles. The Labute approximate surface area is 123 Å². The van der Waals surface area contributed by atoms with Crippen molar-refractivity contribution in [3.05, 3.63) is 41.1 Å². The summed E-state index contributed by atoms with van der Waals surface area (Å²) >= 11 is 0. The molecule has 1 fully saturated rings. The molecule has 0 bridgehead atoms. The molecule has 0 saturated carbocycles.